The smallest absolute Gasteiger partial charge is 0.408 e. The molecule has 3 amide bonds. The molecule has 0 aromatic heterocycles. The number of nitrogens with two attached hydrogens (primary N) is 1. The Morgan fingerprint density at radius 3 is 2.56 bits per heavy atom. The van der Waals surface area contributed by atoms with E-state index in [0.29, 0.717) is 0 Å². The second kappa shape index (κ2) is 6.82. The van der Waals surface area contributed by atoms with Crippen LogP contribution in [-0.4, -0.2) is 63.4 Å². The van der Waals surface area contributed by atoms with Crippen molar-refractivity contribution in [3.8, 4) is 0 Å². The zero-order chi connectivity index (χ0) is 18.9. The van der Waals surface area contributed by atoms with Crippen molar-refractivity contribution in [2.45, 2.75) is 37.8 Å². The largest absolute Gasteiger partial charge is 0.477 e. The van der Waals surface area contributed by atoms with Crippen molar-refractivity contribution in [1.29, 1.82) is 0 Å². The number of carboxylic acids is 1. The van der Waals surface area contributed by atoms with Gasteiger partial charge in [0.05, 0.1) is 0 Å². The Morgan fingerprint density at radius 2 is 2.04 bits per heavy atom. The van der Waals surface area contributed by atoms with Crippen LogP contribution in [0.2, 0.25) is 0 Å². The summed E-state index contributed by atoms with van der Waals surface area (Å²) in [6.45, 7) is 4.75. The average molecular weight is 373 g/mol. The second-order valence-electron chi connectivity index (χ2n) is 6.40. The lowest BCUT2D eigenvalue weighted by Crippen LogP contribution is -2.70. The number of fused-ring (bicyclic) bond motifs is 1. The number of hydrogen-bond acceptors (Lipinski definition) is 7. The number of primary amides is 1. The Kier molecular flexibility index (Phi) is 5.16. The average Bonchev–Trinajstić information content (AvgIpc) is 2.47. The van der Waals surface area contributed by atoms with E-state index in [9.17, 15) is 24.3 Å². The Balaban J connectivity index is 2.12. The van der Waals surface area contributed by atoms with Crippen LogP contribution in [-0.2, 0) is 19.1 Å². The van der Waals surface area contributed by atoms with Crippen molar-refractivity contribution >= 4 is 35.8 Å². The van der Waals surface area contributed by atoms with Gasteiger partial charge in [-0.1, -0.05) is 0 Å². The van der Waals surface area contributed by atoms with E-state index in [4.69, 9.17) is 10.5 Å². The Hall–Kier alpha value is -2.43. The summed E-state index contributed by atoms with van der Waals surface area (Å²) >= 11 is 1.25. The number of aliphatic carboxylic acids is 1. The number of ether oxygens (including phenoxy) is 2. The normalized spacial score (nSPS) is 22.7. The maximum atomic E-state index is 12.3. The summed E-state index contributed by atoms with van der Waals surface area (Å²) in [6, 6.07) is -0.882. The Bertz CT molecular complexity index is 655. The molecule has 2 heterocycles. The van der Waals surface area contributed by atoms with Crippen molar-refractivity contribution in [3.63, 3.8) is 0 Å². The summed E-state index contributed by atoms with van der Waals surface area (Å²) in [4.78, 5) is 47.4. The molecule has 4 N–H and O–H groups in total. The molecule has 0 radical (unpaired) electrons. The standard InChI is InChI=1S/C14H19N3O7S/c1-14(2,3)24-13(22)16-7-9(18)17-8(11(19)20)6(4-23-12(15)21)5-25-10(7)17/h7,10H,4-5H2,1-3H3,(H2,15,21)(H,16,22)(H,19,20)/t7?,10-/m1/s1. The van der Waals surface area contributed by atoms with E-state index in [1.807, 2.05) is 0 Å². The highest BCUT2D eigenvalue weighted by Gasteiger charge is 2.54. The molecule has 2 atom stereocenters. The molecular weight excluding hydrogens is 354 g/mol. The highest BCUT2D eigenvalue weighted by atomic mass is 32.2. The van der Waals surface area contributed by atoms with Crippen molar-refractivity contribution in [2.75, 3.05) is 12.4 Å². The van der Waals surface area contributed by atoms with Crippen molar-refractivity contribution in [2.24, 2.45) is 5.73 Å². The molecule has 11 heteroatoms. The van der Waals surface area contributed by atoms with E-state index in [1.54, 1.807) is 20.8 Å². The van der Waals surface area contributed by atoms with Crippen LogP contribution in [0, 0.1) is 0 Å². The van der Waals surface area contributed by atoms with Gasteiger partial charge in [-0.15, -0.1) is 11.8 Å². The van der Waals surface area contributed by atoms with E-state index >= 15 is 0 Å². The van der Waals surface area contributed by atoms with Crippen LogP contribution >= 0.6 is 11.8 Å². The fourth-order valence-electron chi connectivity index (χ4n) is 2.39. The molecule has 1 unspecified atom stereocenters. The lowest BCUT2D eigenvalue weighted by Gasteiger charge is -2.49. The number of amides is 3. The summed E-state index contributed by atoms with van der Waals surface area (Å²) in [5, 5.41) is 11.3. The first-order valence-electron chi connectivity index (χ1n) is 7.33. The van der Waals surface area contributed by atoms with Gasteiger partial charge in [0, 0.05) is 11.3 Å². The van der Waals surface area contributed by atoms with Crippen LogP contribution in [0.25, 0.3) is 0 Å². The summed E-state index contributed by atoms with van der Waals surface area (Å²) < 4.78 is 9.73. The molecule has 10 nitrogen and oxygen atoms in total. The third-order valence-electron chi connectivity index (χ3n) is 3.31. The summed E-state index contributed by atoms with van der Waals surface area (Å²) in [6.07, 6.45) is -1.79. The van der Waals surface area contributed by atoms with E-state index in [1.165, 1.54) is 11.8 Å². The van der Waals surface area contributed by atoms with Gasteiger partial charge in [-0.25, -0.2) is 14.4 Å². The first kappa shape index (κ1) is 18.9. The fourth-order valence-corrected chi connectivity index (χ4v) is 3.71. The van der Waals surface area contributed by atoms with Crippen LogP contribution in [0.4, 0.5) is 9.59 Å². The van der Waals surface area contributed by atoms with E-state index in [-0.39, 0.29) is 23.6 Å². The van der Waals surface area contributed by atoms with E-state index in [2.05, 4.69) is 10.1 Å². The van der Waals surface area contributed by atoms with Gasteiger partial charge in [0.15, 0.2) is 0 Å². The van der Waals surface area contributed by atoms with Gasteiger partial charge in [0.1, 0.15) is 29.3 Å². The molecule has 0 bridgehead atoms. The third kappa shape index (κ3) is 4.16. The zero-order valence-corrected chi connectivity index (χ0v) is 14.7. The third-order valence-corrected chi connectivity index (χ3v) is 4.65. The topological polar surface area (TPSA) is 148 Å². The minimum absolute atomic E-state index is 0.218. The minimum Gasteiger partial charge on any atom is -0.477 e. The van der Waals surface area contributed by atoms with E-state index in [0.717, 1.165) is 4.90 Å². The summed E-state index contributed by atoms with van der Waals surface area (Å²) in [5.74, 6) is -1.68. The number of nitrogens with one attached hydrogen (secondary N) is 1. The summed E-state index contributed by atoms with van der Waals surface area (Å²) in [5.41, 5.74) is 4.17. The molecule has 0 aliphatic carbocycles. The zero-order valence-electron chi connectivity index (χ0n) is 13.9. The van der Waals surface area contributed by atoms with Crippen molar-refractivity contribution in [1.82, 2.24) is 10.2 Å². The van der Waals surface area contributed by atoms with Crippen molar-refractivity contribution in [3.05, 3.63) is 11.3 Å². The van der Waals surface area contributed by atoms with Gasteiger partial charge in [-0.05, 0) is 20.8 Å². The fraction of sp³-hybridized carbons (Fsp3) is 0.571. The van der Waals surface area contributed by atoms with Gasteiger partial charge in [-0.2, -0.15) is 0 Å². The molecule has 138 valence electrons. The van der Waals surface area contributed by atoms with Crippen molar-refractivity contribution < 1.29 is 33.8 Å². The molecule has 0 aromatic carbocycles. The highest BCUT2D eigenvalue weighted by molar-refractivity contribution is 8.00. The molecule has 0 spiro atoms. The highest BCUT2D eigenvalue weighted by Crippen LogP contribution is 2.40. The molecule has 0 aromatic rings. The van der Waals surface area contributed by atoms with Gasteiger partial charge in [0.25, 0.3) is 5.91 Å². The van der Waals surface area contributed by atoms with Gasteiger partial charge < -0.3 is 25.6 Å². The number of nitrogens with zero attached hydrogens (tertiary/aromatic N) is 1. The molecule has 2 aliphatic heterocycles. The molecule has 1 fully saturated rings. The number of alkyl carbamates (subject to hydrolysis) is 1. The molecule has 2 aliphatic rings. The van der Waals surface area contributed by atoms with Gasteiger partial charge in [0.2, 0.25) is 0 Å². The van der Waals surface area contributed by atoms with Gasteiger partial charge in [-0.3, -0.25) is 9.69 Å². The maximum absolute atomic E-state index is 12.3. The van der Waals surface area contributed by atoms with Crippen LogP contribution in [0.5, 0.6) is 0 Å². The van der Waals surface area contributed by atoms with Crippen LogP contribution in [0.1, 0.15) is 20.8 Å². The number of carbonyl (C=O) groups excluding carboxylic acids is 3. The maximum Gasteiger partial charge on any atom is 0.408 e. The molecule has 25 heavy (non-hydrogen) atoms. The Labute approximate surface area is 147 Å². The number of β-lactam (4-membered cyclic amide) rings is 1. The molecule has 0 saturated carbocycles. The van der Waals surface area contributed by atoms with Crippen LogP contribution in [0.15, 0.2) is 11.3 Å². The first-order valence-corrected chi connectivity index (χ1v) is 8.38. The number of thioether (sulfide) groups is 1. The second-order valence-corrected chi connectivity index (χ2v) is 7.50. The van der Waals surface area contributed by atoms with Gasteiger partial charge >= 0.3 is 18.2 Å². The number of carbonyl (C=O) groups is 4. The number of hydrogen-bond donors (Lipinski definition) is 3. The number of rotatable bonds is 4. The first-order chi connectivity index (χ1) is 11.5. The lowest BCUT2D eigenvalue weighted by molar-refractivity contribution is -0.149. The predicted molar refractivity (Wildman–Crippen MR) is 86.4 cm³/mol. The lowest BCUT2D eigenvalue weighted by atomic mass is 10.0. The SMILES string of the molecule is CC(C)(C)OC(=O)NC1C(=O)N2C(C(=O)O)=C(COC(N)=O)CS[C@H]12. The monoisotopic (exact) mass is 373 g/mol. The predicted octanol–water partition coefficient (Wildman–Crippen LogP) is 0.229. The molecule has 2 rings (SSSR count). The van der Waals surface area contributed by atoms with E-state index < -0.39 is 41.1 Å². The minimum atomic E-state index is -1.32. The van der Waals surface area contributed by atoms with Crippen LogP contribution in [0.3, 0.4) is 0 Å². The molecular formula is C14H19N3O7S. The quantitative estimate of drug-likeness (QED) is 0.593. The number of carboxylic acid groups (broad SMARTS) is 1. The molecule has 1 saturated heterocycles. The Morgan fingerprint density at radius 1 is 1.40 bits per heavy atom. The van der Waals surface area contributed by atoms with Crippen LogP contribution < -0.4 is 11.1 Å². The summed E-state index contributed by atoms with van der Waals surface area (Å²) in [7, 11) is 0.